The van der Waals surface area contributed by atoms with Gasteiger partial charge in [-0.3, -0.25) is 9.52 Å². The van der Waals surface area contributed by atoms with E-state index in [9.17, 15) is 18.3 Å². The van der Waals surface area contributed by atoms with E-state index in [1.807, 2.05) is 0 Å². The molecular formula is C20H23N3O5S. The highest BCUT2D eigenvalue weighted by atomic mass is 32.2. The number of ether oxygens (including phenoxy) is 1. The molecular weight excluding hydrogens is 394 g/mol. The predicted molar refractivity (Wildman–Crippen MR) is 111 cm³/mol. The number of nitrogens with zero attached hydrogens (tertiary/aromatic N) is 2. The monoisotopic (exact) mass is 417 g/mol. The first-order valence-electron chi connectivity index (χ1n) is 9.07. The SMILES string of the molecule is CCC(=O)N1N=C(c2ccccc2NS(C)(=O)=O)C[C@@H]1c1cccc(OC)c1O. The fourth-order valence-electron chi connectivity index (χ4n) is 3.30. The molecule has 0 saturated carbocycles. The van der Waals surface area contributed by atoms with Crippen molar-refractivity contribution in [3.8, 4) is 11.5 Å². The summed E-state index contributed by atoms with van der Waals surface area (Å²) >= 11 is 0. The lowest BCUT2D eigenvalue weighted by Crippen LogP contribution is -2.26. The number of hydrogen-bond donors (Lipinski definition) is 2. The van der Waals surface area contributed by atoms with E-state index in [0.29, 0.717) is 34.7 Å². The molecule has 0 fully saturated rings. The molecule has 0 spiro atoms. The van der Waals surface area contributed by atoms with E-state index in [4.69, 9.17) is 4.74 Å². The Morgan fingerprint density at radius 1 is 1.28 bits per heavy atom. The van der Waals surface area contributed by atoms with E-state index in [2.05, 4.69) is 9.82 Å². The number of aromatic hydroxyl groups is 1. The van der Waals surface area contributed by atoms with Crippen LogP contribution in [0, 0.1) is 0 Å². The summed E-state index contributed by atoms with van der Waals surface area (Å²) < 4.78 is 31.1. The number of carbonyl (C=O) groups is 1. The Morgan fingerprint density at radius 3 is 2.66 bits per heavy atom. The number of hydrogen-bond acceptors (Lipinski definition) is 6. The first-order chi connectivity index (χ1) is 13.7. The van der Waals surface area contributed by atoms with E-state index in [-0.39, 0.29) is 18.1 Å². The van der Waals surface area contributed by atoms with Gasteiger partial charge in [0, 0.05) is 24.0 Å². The van der Waals surface area contributed by atoms with Crippen LogP contribution in [-0.4, -0.2) is 43.5 Å². The van der Waals surface area contributed by atoms with Crippen molar-refractivity contribution in [3.63, 3.8) is 0 Å². The number of para-hydroxylation sites is 2. The summed E-state index contributed by atoms with van der Waals surface area (Å²) in [4.78, 5) is 12.5. The summed E-state index contributed by atoms with van der Waals surface area (Å²) in [7, 11) is -2.03. The van der Waals surface area contributed by atoms with Crippen LogP contribution >= 0.6 is 0 Å². The van der Waals surface area contributed by atoms with Gasteiger partial charge in [-0.25, -0.2) is 13.4 Å². The highest BCUT2D eigenvalue weighted by Gasteiger charge is 2.35. The van der Waals surface area contributed by atoms with Gasteiger partial charge in [-0.2, -0.15) is 5.10 Å². The Hall–Kier alpha value is -3.07. The second-order valence-corrected chi connectivity index (χ2v) is 8.42. The zero-order chi connectivity index (χ0) is 21.2. The number of phenols is 1. The van der Waals surface area contributed by atoms with Gasteiger partial charge in [-0.15, -0.1) is 0 Å². The van der Waals surface area contributed by atoms with Crippen molar-refractivity contribution >= 4 is 27.3 Å². The van der Waals surface area contributed by atoms with Gasteiger partial charge in [-0.05, 0) is 12.1 Å². The number of methoxy groups -OCH3 is 1. The zero-order valence-corrected chi connectivity index (χ0v) is 17.2. The Labute approximate surface area is 169 Å². The molecule has 0 aromatic heterocycles. The summed E-state index contributed by atoms with van der Waals surface area (Å²) in [6, 6.07) is 11.4. The molecule has 1 aliphatic rings. The Kier molecular flexibility index (Phi) is 5.78. The molecule has 1 atom stereocenters. The van der Waals surface area contributed by atoms with Gasteiger partial charge >= 0.3 is 0 Å². The fraction of sp³-hybridized carbons (Fsp3) is 0.300. The van der Waals surface area contributed by atoms with Gasteiger partial charge in [0.05, 0.1) is 30.8 Å². The number of benzene rings is 2. The molecule has 2 aromatic rings. The smallest absolute Gasteiger partial charge is 0.242 e. The third-order valence-corrected chi connectivity index (χ3v) is 5.20. The molecule has 154 valence electrons. The first-order valence-corrected chi connectivity index (χ1v) is 11.0. The van der Waals surface area contributed by atoms with Crippen LogP contribution < -0.4 is 9.46 Å². The van der Waals surface area contributed by atoms with Crippen molar-refractivity contribution in [2.75, 3.05) is 18.1 Å². The van der Waals surface area contributed by atoms with E-state index < -0.39 is 16.1 Å². The minimum Gasteiger partial charge on any atom is -0.504 e. The summed E-state index contributed by atoms with van der Waals surface area (Å²) in [6.45, 7) is 1.73. The second-order valence-electron chi connectivity index (χ2n) is 6.68. The fourth-order valence-corrected chi connectivity index (χ4v) is 3.88. The standard InChI is InChI=1S/C20H23N3O5S/c1-4-19(24)23-17(14-9-7-11-18(28-2)20(14)25)12-16(21-23)13-8-5-6-10-15(13)22-29(3,26)27/h5-11,17,22,25H,4,12H2,1-3H3/t17-/m1/s1. The maximum Gasteiger partial charge on any atom is 0.242 e. The van der Waals surface area contributed by atoms with Crippen molar-refractivity contribution in [2.45, 2.75) is 25.8 Å². The number of carbonyl (C=O) groups excluding carboxylic acids is 1. The number of phenolic OH excluding ortho intramolecular Hbond substituents is 1. The van der Waals surface area contributed by atoms with Gasteiger partial charge in [0.1, 0.15) is 0 Å². The Bertz CT molecular complexity index is 1070. The van der Waals surface area contributed by atoms with Crippen LogP contribution in [0.4, 0.5) is 5.69 Å². The molecule has 1 amide bonds. The molecule has 29 heavy (non-hydrogen) atoms. The van der Waals surface area contributed by atoms with Crippen LogP contribution in [0.25, 0.3) is 0 Å². The molecule has 0 bridgehead atoms. The molecule has 1 aliphatic heterocycles. The van der Waals surface area contributed by atoms with Gasteiger partial charge in [0.25, 0.3) is 0 Å². The Morgan fingerprint density at radius 2 is 2.00 bits per heavy atom. The zero-order valence-electron chi connectivity index (χ0n) is 16.4. The lowest BCUT2D eigenvalue weighted by atomic mass is 9.96. The third kappa shape index (κ3) is 4.34. The van der Waals surface area contributed by atoms with E-state index in [1.165, 1.54) is 12.1 Å². The molecule has 3 rings (SSSR count). The maximum atomic E-state index is 12.5. The summed E-state index contributed by atoms with van der Waals surface area (Å²) in [5.74, 6) is 0.0488. The molecule has 9 heteroatoms. The first kappa shape index (κ1) is 20.7. The number of anilines is 1. The number of nitrogens with one attached hydrogen (secondary N) is 1. The van der Waals surface area contributed by atoms with Crippen molar-refractivity contribution in [1.29, 1.82) is 0 Å². The van der Waals surface area contributed by atoms with Crippen LogP contribution in [0.2, 0.25) is 0 Å². The van der Waals surface area contributed by atoms with Gasteiger partial charge in [0.15, 0.2) is 11.5 Å². The second kappa shape index (κ2) is 8.12. The van der Waals surface area contributed by atoms with Crippen LogP contribution in [0.1, 0.15) is 36.9 Å². The molecule has 8 nitrogen and oxygen atoms in total. The molecule has 0 unspecified atom stereocenters. The summed E-state index contributed by atoms with van der Waals surface area (Å²) in [5, 5.41) is 16.4. The highest BCUT2D eigenvalue weighted by molar-refractivity contribution is 7.92. The van der Waals surface area contributed by atoms with E-state index >= 15 is 0 Å². The average Bonchev–Trinajstić information content (AvgIpc) is 3.11. The average molecular weight is 417 g/mol. The van der Waals surface area contributed by atoms with Crippen LogP contribution in [0.15, 0.2) is 47.6 Å². The lowest BCUT2D eigenvalue weighted by molar-refractivity contribution is -0.132. The Balaban J connectivity index is 2.05. The van der Waals surface area contributed by atoms with Crippen molar-refractivity contribution in [3.05, 3.63) is 53.6 Å². The van der Waals surface area contributed by atoms with Gasteiger partial charge < -0.3 is 9.84 Å². The quantitative estimate of drug-likeness (QED) is 0.751. The predicted octanol–water partition coefficient (Wildman–Crippen LogP) is 2.86. The topological polar surface area (TPSA) is 108 Å². The summed E-state index contributed by atoms with van der Waals surface area (Å²) in [6.07, 6.45) is 1.63. The summed E-state index contributed by atoms with van der Waals surface area (Å²) in [5.41, 5.74) is 2.02. The normalized spacial score (nSPS) is 16.4. The molecule has 1 heterocycles. The van der Waals surface area contributed by atoms with Crippen LogP contribution in [-0.2, 0) is 14.8 Å². The molecule has 0 radical (unpaired) electrons. The molecule has 0 saturated heterocycles. The molecule has 2 aromatic carbocycles. The van der Waals surface area contributed by atoms with Crippen molar-refractivity contribution < 1.29 is 23.1 Å². The largest absolute Gasteiger partial charge is 0.504 e. The number of amides is 1. The molecule has 2 N–H and O–H groups in total. The number of hydrazone groups is 1. The van der Waals surface area contributed by atoms with Gasteiger partial charge in [0.2, 0.25) is 15.9 Å². The van der Waals surface area contributed by atoms with Gasteiger partial charge in [-0.1, -0.05) is 37.3 Å². The minimum atomic E-state index is -3.49. The lowest BCUT2D eigenvalue weighted by Gasteiger charge is -2.23. The minimum absolute atomic E-state index is 0.0482. The number of sulfonamides is 1. The van der Waals surface area contributed by atoms with Crippen molar-refractivity contribution in [2.24, 2.45) is 5.10 Å². The maximum absolute atomic E-state index is 12.5. The van der Waals surface area contributed by atoms with Crippen molar-refractivity contribution in [1.82, 2.24) is 5.01 Å². The van der Waals surface area contributed by atoms with Crippen LogP contribution in [0.3, 0.4) is 0 Å². The van der Waals surface area contributed by atoms with E-state index in [0.717, 1.165) is 6.26 Å². The third-order valence-electron chi connectivity index (χ3n) is 4.61. The van der Waals surface area contributed by atoms with Crippen LogP contribution in [0.5, 0.6) is 11.5 Å². The molecule has 0 aliphatic carbocycles. The number of rotatable bonds is 6. The van der Waals surface area contributed by atoms with E-state index in [1.54, 1.807) is 49.4 Å². The highest BCUT2D eigenvalue weighted by Crippen LogP contribution is 2.41.